The molecule has 32 heavy (non-hydrogen) atoms. The van der Waals surface area contributed by atoms with Crippen molar-refractivity contribution in [2.24, 2.45) is 0 Å². The van der Waals surface area contributed by atoms with Gasteiger partial charge in [-0.3, -0.25) is 4.79 Å². The fourth-order valence-corrected chi connectivity index (χ4v) is 3.29. The molecule has 0 bridgehead atoms. The Bertz CT molecular complexity index is 1240. The lowest BCUT2D eigenvalue weighted by atomic mass is 10.0. The van der Waals surface area contributed by atoms with Crippen molar-refractivity contribution in [3.8, 4) is 11.1 Å². The highest BCUT2D eigenvalue weighted by molar-refractivity contribution is 5.91. The second kappa shape index (κ2) is 9.09. The molecule has 4 aromatic rings. The van der Waals surface area contributed by atoms with Gasteiger partial charge in [0.2, 0.25) is 5.91 Å². The number of nitrogens with zero attached hydrogens (tertiary/aromatic N) is 2. The van der Waals surface area contributed by atoms with Gasteiger partial charge in [0, 0.05) is 31.4 Å². The lowest BCUT2D eigenvalue weighted by Crippen LogP contribution is -2.23. The van der Waals surface area contributed by atoms with E-state index in [4.69, 9.17) is 0 Å². The molecular weight excluding hydrogens is 415 g/mol. The molecule has 0 unspecified atom stereocenters. The largest absolute Gasteiger partial charge is 0.417 e. The van der Waals surface area contributed by atoms with Gasteiger partial charge in [0.05, 0.1) is 11.3 Å². The number of hydrogen-bond donors (Lipinski definition) is 1. The van der Waals surface area contributed by atoms with E-state index in [2.05, 4.69) is 10.3 Å². The molecule has 2 aromatic heterocycles. The molecule has 0 aliphatic carbocycles. The van der Waals surface area contributed by atoms with E-state index < -0.39 is 11.7 Å². The number of carbonyl (C=O) groups excluding carboxylic acids is 1. The van der Waals surface area contributed by atoms with Crippen molar-refractivity contribution in [1.82, 2.24) is 14.7 Å². The summed E-state index contributed by atoms with van der Waals surface area (Å²) in [5.74, 6) is -0.250. The van der Waals surface area contributed by atoms with Crippen LogP contribution in [-0.4, -0.2) is 21.8 Å². The van der Waals surface area contributed by atoms with Gasteiger partial charge in [0.15, 0.2) is 0 Å². The van der Waals surface area contributed by atoms with Crippen LogP contribution < -0.4 is 5.32 Å². The topological polar surface area (TPSA) is 46.4 Å². The number of imidazole rings is 1. The molecule has 2 aromatic carbocycles. The maximum atomic E-state index is 12.8. The van der Waals surface area contributed by atoms with Crippen molar-refractivity contribution >= 4 is 17.6 Å². The van der Waals surface area contributed by atoms with Gasteiger partial charge in [0.25, 0.3) is 0 Å². The smallest absolute Gasteiger partial charge is 0.352 e. The van der Waals surface area contributed by atoms with E-state index in [9.17, 15) is 18.0 Å². The SMILES string of the molecule is O=C(/C=C/c1ccc(-c2ccccc2)cc1)NCCc1cn2cc(C(F)(F)F)ccc2n1. The summed E-state index contributed by atoms with van der Waals surface area (Å²) >= 11 is 0. The number of benzene rings is 2. The van der Waals surface area contributed by atoms with Gasteiger partial charge >= 0.3 is 6.18 Å². The fraction of sp³-hybridized carbons (Fsp3) is 0.120. The zero-order valence-electron chi connectivity index (χ0n) is 17.0. The second-order valence-electron chi connectivity index (χ2n) is 7.28. The summed E-state index contributed by atoms with van der Waals surface area (Å²) < 4.78 is 39.8. The van der Waals surface area contributed by atoms with Crippen LogP contribution in [0.1, 0.15) is 16.8 Å². The number of hydrogen-bond acceptors (Lipinski definition) is 2. The minimum atomic E-state index is -4.40. The summed E-state index contributed by atoms with van der Waals surface area (Å²) in [5.41, 5.74) is 3.43. The number of aromatic nitrogens is 2. The Hall–Kier alpha value is -3.87. The molecule has 7 heteroatoms. The molecule has 1 amide bonds. The number of alkyl halides is 3. The molecule has 0 atom stereocenters. The average Bonchev–Trinajstić information content (AvgIpc) is 3.20. The Kier molecular flexibility index (Phi) is 6.07. The Labute approximate surface area is 183 Å². The van der Waals surface area contributed by atoms with Crippen molar-refractivity contribution in [2.75, 3.05) is 6.54 Å². The summed E-state index contributed by atoms with van der Waals surface area (Å²) in [6.07, 6.45) is 1.75. The van der Waals surface area contributed by atoms with E-state index >= 15 is 0 Å². The second-order valence-corrected chi connectivity index (χ2v) is 7.28. The number of fused-ring (bicyclic) bond motifs is 1. The summed E-state index contributed by atoms with van der Waals surface area (Å²) in [4.78, 5) is 16.4. The first-order valence-corrected chi connectivity index (χ1v) is 10.0. The average molecular weight is 435 g/mol. The van der Waals surface area contributed by atoms with E-state index in [0.717, 1.165) is 29.0 Å². The van der Waals surface area contributed by atoms with E-state index in [1.165, 1.54) is 16.5 Å². The number of rotatable bonds is 6. The Balaban J connectivity index is 1.30. The molecule has 0 fully saturated rings. The number of halogens is 3. The van der Waals surface area contributed by atoms with Crippen LogP contribution in [0.5, 0.6) is 0 Å². The maximum Gasteiger partial charge on any atom is 0.417 e. The molecular formula is C25H20F3N3O. The van der Waals surface area contributed by atoms with Crippen LogP contribution in [0, 0.1) is 0 Å². The molecule has 0 radical (unpaired) electrons. The quantitative estimate of drug-likeness (QED) is 0.413. The molecule has 0 aliphatic rings. The van der Waals surface area contributed by atoms with Crippen LogP contribution in [0.4, 0.5) is 13.2 Å². The minimum absolute atomic E-state index is 0.250. The summed E-state index contributed by atoms with van der Waals surface area (Å²) in [7, 11) is 0. The predicted molar refractivity (Wildman–Crippen MR) is 118 cm³/mol. The van der Waals surface area contributed by atoms with Crippen LogP contribution in [0.2, 0.25) is 0 Å². The first-order valence-electron chi connectivity index (χ1n) is 10.0. The first kappa shape index (κ1) is 21.4. The minimum Gasteiger partial charge on any atom is -0.352 e. The monoisotopic (exact) mass is 435 g/mol. The van der Waals surface area contributed by atoms with E-state index in [0.29, 0.717) is 24.3 Å². The van der Waals surface area contributed by atoms with Crippen LogP contribution >= 0.6 is 0 Å². The molecule has 0 aliphatic heterocycles. The van der Waals surface area contributed by atoms with Crippen molar-refractivity contribution in [1.29, 1.82) is 0 Å². The highest BCUT2D eigenvalue weighted by atomic mass is 19.4. The van der Waals surface area contributed by atoms with Gasteiger partial charge in [-0.2, -0.15) is 13.2 Å². The number of pyridine rings is 1. The normalized spacial score (nSPS) is 11.8. The maximum absolute atomic E-state index is 12.8. The Morgan fingerprint density at radius 2 is 1.66 bits per heavy atom. The highest BCUT2D eigenvalue weighted by Crippen LogP contribution is 2.29. The van der Waals surface area contributed by atoms with Gasteiger partial charge in [0.1, 0.15) is 5.65 Å². The molecule has 0 saturated heterocycles. The van der Waals surface area contributed by atoms with Gasteiger partial charge in [-0.1, -0.05) is 54.6 Å². The van der Waals surface area contributed by atoms with Crippen LogP contribution in [0.25, 0.3) is 22.9 Å². The van der Waals surface area contributed by atoms with Crippen molar-refractivity contribution in [3.63, 3.8) is 0 Å². The van der Waals surface area contributed by atoms with Gasteiger partial charge in [-0.25, -0.2) is 4.98 Å². The zero-order valence-corrected chi connectivity index (χ0v) is 17.0. The van der Waals surface area contributed by atoms with Gasteiger partial charge in [-0.15, -0.1) is 0 Å². The summed E-state index contributed by atoms with van der Waals surface area (Å²) in [6, 6.07) is 20.2. The molecule has 4 rings (SSSR count). The van der Waals surface area contributed by atoms with Crippen molar-refractivity contribution in [2.45, 2.75) is 12.6 Å². The Morgan fingerprint density at radius 1 is 0.938 bits per heavy atom. The summed E-state index contributed by atoms with van der Waals surface area (Å²) in [6.45, 7) is 0.326. The number of nitrogens with one attached hydrogen (secondary N) is 1. The van der Waals surface area contributed by atoms with Crippen LogP contribution in [0.3, 0.4) is 0 Å². The van der Waals surface area contributed by atoms with Crippen LogP contribution in [-0.2, 0) is 17.4 Å². The zero-order chi connectivity index (χ0) is 22.6. The Morgan fingerprint density at radius 3 is 2.38 bits per heavy atom. The summed E-state index contributed by atoms with van der Waals surface area (Å²) in [5, 5.41) is 2.76. The fourth-order valence-electron chi connectivity index (χ4n) is 3.29. The van der Waals surface area contributed by atoms with Crippen LogP contribution in [0.15, 0.2) is 85.2 Å². The molecule has 4 nitrogen and oxygen atoms in total. The van der Waals surface area contributed by atoms with E-state index in [1.54, 1.807) is 12.3 Å². The molecule has 1 N–H and O–H groups in total. The van der Waals surface area contributed by atoms with Crippen molar-refractivity contribution < 1.29 is 18.0 Å². The third-order valence-electron chi connectivity index (χ3n) is 4.95. The van der Waals surface area contributed by atoms with E-state index in [1.807, 2.05) is 54.6 Å². The van der Waals surface area contributed by atoms with Gasteiger partial charge < -0.3 is 9.72 Å². The third kappa shape index (κ3) is 5.24. The molecule has 0 saturated carbocycles. The molecule has 0 spiro atoms. The highest BCUT2D eigenvalue weighted by Gasteiger charge is 2.30. The lowest BCUT2D eigenvalue weighted by Gasteiger charge is -2.05. The lowest BCUT2D eigenvalue weighted by molar-refractivity contribution is -0.137. The van der Waals surface area contributed by atoms with Crippen molar-refractivity contribution in [3.05, 3.63) is 102 Å². The predicted octanol–water partition coefficient (Wildman–Crippen LogP) is 5.39. The number of amides is 1. The molecule has 2 heterocycles. The number of carbonyl (C=O) groups is 1. The molecule has 162 valence electrons. The standard InChI is InChI=1S/C25H20F3N3O/c26-25(27,28)21-11-12-23-30-22(17-31(23)16-21)14-15-29-24(32)13-8-18-6-9-20(10-7-18)19-4-2-1-3-5-19/h1-13,16-17H,14-15H2,(H,29,32)/b13-8+. The third-order valence-corrected chi connectivity index (χ3v) is 4.95. The van der Waals surface area contributed by atoms with E-state index in [-0.39, 0.29) is 5.91 Å². The van der Waals surface area contributed by atoms with Gasteiger partial charge in [-0.05, 0) is 34.9 Å². The first-order chi connectivity index (χ1) is 15.4.